The summed E-state index contributed by atoms with van der Waals surface area (Å²) >= 11 is 0. The van der Waals surface area contributed by atoms with Gasteiger partial charge < -0.3 is 15.7 Å². The Morgan fingerprint density at radius 3 is 2.52 bits per heavy atom. The largest absolute Gasteiger partial charge is 0.389 e. The zero-order chi connectivity index (χ0) is 20.1. The number of hydrogen-bond donors (Lipinski definition) is 3. The summed E-state index contributed by atoms with van der Waals surface area (Å²) in [5.41, 5.74) is 3.84. The van der Waals surface area contributed by atoms with Crippen LogP contribution in [0.4, 0.5) is 17.5 Å². The second-order valence-corrected chi connectivity index (χ2v) is 7.00. The van der Waals surface area contributed by atoms with Crippen LogP contribution < -0.4 is 10.6 Å². The molecule has 1 heterocycles. The van der Waals surface area contributed by atoms with Crippen LogP contribution >= 0.6 is 0 Å². The standard InChI is InChI=1S/C24H24N4O/c1-17(29)19-10-7-11-20(16-19)26-24-27-22-13-6-5-12-21(22)23(28-24)25-15-14-18-8-3-2-4-9-18/h2-13,16-17,29H,14-15H2,1H3,(H2,25,26,27,28). The van der Waals surface area contributed by atoms with Crippen molar-refractivity contribution in [3.63, 3.8) is 0 Å². The average molecular weight is 384 g/mol. The van der Waals surface area contributed by atoms with Crippen molar-refractivity contribution in [3.05, 3.63) is 90.0 Å². The summed E-state index contributed by atoms with van der Waals surface area (Å²) in [6.45, 7) is 2.53. The summed E-state index contributed by atoms with van der Waals surface area (Å²) < 4.78 is 0. The van der Waals surface area contributed by atoms with E-state index in [1.54, 1.807) is 6.92 Å². The first-order chi connectivity index (χ1) is 14.2. The second kappa shape index (κ2) is 8.71. The third-order valence-corrected chi connectivity index (χ3v) is 4.78. The van der Waals surface area contributed by atoms with Crippen molar-refractivity contribution >= 4 is 28.4 Å². The van der Waals surface area contributed by atoms with Crippen molar-refractivity contribution in [2.24, 2.45) is 0 Å². The summed E-state index contributed by atoms with van der Waals surface area (Å²) in [4.78, 5) is 9.35. The van der Waals surface area contributed by atoms with E-state index in [9.17, 15) is 5.11 Å². The molecule has 0 radical (unpaired) electrons. The Morgan fingerprint density at radius 2 is 1.69 bits per heavy atom. The third-order valence-electron chi connectivity index (χ3n) is 4.78. The molecule has 0 aliphatic carbocycles. The molecule has 0 saturated heterocycles. The zero-order valence-corrected chi connectivity index (χ0v) is 16.3. The molecule has 4 aromatic rings. The highest BCUT2D eigenvalue weighted by Crippen LogP contribution is 2.25. The van der Waals surface area contributed by atoms with Crippen LogP contribution in [0, 0.1) is 0 Å². The van der Waals surface area contributed by atoms with Crippen LogP contribution in [0.1, 0.15) is 24.2 Å². The fraction of sp³-hybridized carbons (Fsp3) is 0.167. The lowest BCUT2D eigenvalue weighted by molar-refractivity contribution is 0.199. The summed E-state index contributed by atoms with van der Waals surface area (Å²) in [6.07, 6.45) is 0.391. The lowest BCUT2D eigenvalue weighted by Gasteiger charge is -2.13. The lowest BCUT2D eigenvalue weighted by atomic mass is 10.1. The quantitative estimate of drug-likeness (QED) is 0.414. The second-order valence-electron chi connectivity index (χ2n) is 7.00. The number of hydrogen-bond acceptors (Lipinski definition) is 5. The molecule has 5 nitrogen and oxygen atoms in total. The van der Waals surface area contributed by atoms with Crippen LogP contribution in [-0.4, -0.2) is 21.6 Å². The van der Waals surface area contributed by atoms with Gasteiger partial charge >= 0.3 is 0 Å². The summed E-state index contributed by atoms with van der Waals surface area (Å²) in [7, 11) is 0. The predicted molar refractivity (Wildman–Crippen MR) is 119 cm³/mol. The van der Waals surface area contributed by atoms with Gasteiger partial charge in [-0.3, -0.25) is 0 Å². The highest BCUT2D eigenvalue weighted by atomic mass is 16.3. The van der Waals surface area contributed by atoms with E-state index >= 15 is 0 Å². The first kappa shape index (κ1) is 18.9. The zero-order valence-electron chi connectivity index (χ0n) is 16.3. The maximum atomic E-state index is 9.82. The van der Waals surface area contributed by atoms with Crippen LogP contribution in [-0.2, 0) is 6.42 Å². The SMILES string of the molecule is CC(O)c1cccc(Nc2nc(NCCc3ccccc3)c3ccccc3n2)c1. The molecular formula is C24H24N4O. The maximum absolute atomic E-state index is 9.82. The number of nitrogens with zero attached hydrogens (tertiary/aromatic N) is 2. The van der Waals surface area contributed by atoms with E-state index in [0.717, 1.165) is 40.9 Å². The molecule has 3 aromatic carbocycles. The number of anilines is 3. The smallest absolute Gasteiger partial charge is 0.229 e. The molecule has 146 valence electrons. The minimum Gasteiger partial charge on any atom is -0.389 e. The molecule has 3 N–H and O–H groups in total. The van der Waals surface area contributed by atoms with Crippen LogP contribution in [0.25, 0.3) is 10.9 Å². The molecule has 0 aliphatic rings. The van der Waals surface area contributed by atoms with Crippen molar-refractivity contribution in [1.29, 1.82) is 0 Å². The third kappa shape index (κ3) is 4.70. The van der Waals surface area contributed by atoms with Gasteiger partial charge in [0.2, 0.25) is 5.95 Å². The van der Waals surface area contributed by atoms with E-state index in [2.05, 4.69) is 39.9 Å². The number of aliphatic hydroxyl groups excluding tert-OH is 1. The van der Waals surface area contributed by atoms with Crippen molar-refractivity contribution in [3.8, 4) is 0 Å². The van der Waals surface area contributed by atoms with E-state index in [1.807, 2.05) is 54.6 Å². The average Bonchev–Trinajstić information content (AvgIpc) is 2.74. The van der Waals surface area contributed by atoms with E-state index in [-0.39, 0.29) is 0 Å². The minimum atomic E-state index is -0.524. The van der Waals surface area contributed by atoms with Crippen LogP contribution in [0.5, 0.6) is 0 Å². The fourth-order valence-corrected chi connectivity index (χ4v) is 3.24. The van der Waals surface area contributed by atoms with Gasteiger partial charge in [-0.15, -0.1) is 0 Å². The molecule has 0 saturated carbocycles. The molecule has 4 rings (SSSR count). The van der Waals surface area contributed by atoms with E-state index in [4.69, 9.17) is 4.98 Å². The van der Waals surface area contributed by atoms with Crippen LogP contribution in [0.15, 0.2) is 78.9 Å². The Morgan fingerprint density at radius 1 is 0.897 bits per heavy atom. The molecule has 0 fully saturated rings. The highest BCUT2D eigenvalue weighted by molar-refractivity contribution is 5.90. The number of rotatable bonds is 7. The topological polar surface area (TPSA) is 70.1 Å². The number of fused-ring (bicyclic) bond motifs is 1. The molecule has 0 bridgehead atoms. The molecular weight excluding hydrogens is 360 g/mol. The summed E-state index contributed by atoms with van der Waals surface area (Å²) in [5, 5.41) is 17.5. The molecule has 1 atom stereocenters. The molecule has 0 amide bonds. The monoisotopic (exact) mass is 384 g/mol. The Hall–Kier alpha value is -3.44. The molecule has 29 heavy (non-hydrogen) atoms. The van der Waals surface area contributed by atoms with Gasteiger partial charge in [0.25, 0.3) is 0 Å². The lowest BCUT2D eigenvalue weighted by Crippen LogP contribution is -2.09. The Kier molecular flexibility index (Phi) is 5.68. The predicted octanol–water partition coefficient (Wildman–Crippen LogP) is 5.08. The normalized spacial score (nSPS) is 11.9. The molecule has 1 unspecified atom stereocenters. The molecule has 1 aromatic heterocycles. The summed E-state index contributed by atoms with van der Waals surface area (Å²) in [6, 6.07) is 26.0. The van der Waals surface area contributed by atoms with Gasteiger partial charge in [0.15, 0.2) is 0 Å². The van der Waals surface area contributed by atoms with Crippen LogP contribution in [0.2, 0.25) is 0 Å². The van der Waals surface area contributed by atoms with E-state index in [1.165, 1.54) is 5.56 Å². The number of nitrogens with one attached hydrogen (secondary N) is 2. The minimum absolute atomic E-state index is 0.522. The van der Waals surface area contributed by atoms with Gasteiger partial charge in [0.05, 0.1) is 11.6 Å². The van der Waals surface area contributed by atoms with Crippen LogP contribution in [0.3, 0.4) is 0 Å². The number of para-hydroxylation sites is 1. The molecule has 5 heteroatoms. The van der Waals surface area contributed by atoms with Gasteiger partial charge in [-0.25, -0.2) is 4.98 Å². The van der Waals surface area contributed by atoms with Gasteiger partial charge in [0.1, 0.15) is 5.82 Å². The first-order valence-corrected chi connectivity index (χ1v) is 9.79. The fourth-order valence-electron chi connectivity index (χ4n) is 3.24. The van der Waals surface area contributed by atoms with Crippen molar-refractivity contribution < 1.29 is 5.11 Å². The van der Waals surface area contributed by atoms with Gasteiger partial charge in [-0.05, 0) is 48.7 Å². The van der Waals surface area contributed by atoms with E-state index in [0.29, 0.717) is 5.95 Å². The highest BCUT2D eigenvalue weighted by Gasteiger charge is 2.09. The number of aliphatic hydroxyl groups is 1. The van der Waals surface area contributed by atoms with Crippen molar-refractivity contribution in [2.45, 2.75) is 19.4 Å². The van der Waals surface area contributed by atoms with Crippen molar-refractivity contribution in [2.75, 3.05) is 17.2 Å². The summed E-state index contributed by atoms with van der Waals surface area (Å²) in [5.74, 6) is 1.33. The van der Waals surface area contributed by atoms with Gasteiger partial charge in [0, 0.05) is 17.6 Å². The Labute approximate surface area is 170 Å². The Bertz CT molecular complexity index is 1100. The maximum Gasteiger partial charge on any atom is 0.229 e. The van der Waals surface area contributed by atoms with Crippen molar-refractivity contribution in [1.82, 2.24) is 9.97 Å². The van der Waals surface area contributed by atoms with E-state index < -0.39 is 6.10 Å². The first-order valence-electron chi connectivity index (χ1n) is 9.79. The van der Waals surface area contributed by atoms with Gasteiger partial charge in [-0.1, -0.05) is 54.6 Å². The van der Waals surface area contributed by atoms with Gasteiger partial charge in [-0.2, -0.15) is 4.98 Å². The Balaban J connectivity index is 1.58. The molecule has 0 aliphatic heterocycles. The number of aromatic nitrogens is 2. The number of benzene rings is 3. The molecule has 0 spiro atoms.